The van der Waals surface area contributed by atoms with E-state index in [1.165, 1.54) is 21.3 Å². The van der Waals surface area contributed by atoms with Crippen LogP contribution < -0.4 is 19.7 Å². The fourth-order valence-corrected chi connectivity index (χ4v) is 6.98. The molecular formula is C37H41ClN6O5. The number of rotatable bonds is 12. The molecule has 0 bridgehead atoms. The fourth-order valence-electron chi connectivity index (χ4n) is 6.80. The van der Waals surface area contributed by atoms with E-state index in [2.05, 4.69) is 51.4 Å². The number of carbonyl (C=O) groups excluding carboxylic acids is 3. The molecule has 3 amide bonds. The van der Waals surface area contributed by atoms with Crippen LogP contribution in [0.25, 0.3) is 0 Å². The minimum absolute atomic E-state index is 0.245. The maximum Gasteiger partial charge on any atom is 0.264 e. The van der Waals surface area contributed by atoms with Crippen LogP contribution >= 0.6 is 11.6 Å². The number of aryl methyl sites for hydroxylation is 1. The number of imide groups is 1. The summed E-state index contributed by atoms with van der Waals surface area (Å²) in [7, 11) is 4.76. The van der Waals surface area contributed by atoms with Crippen LogP contribution in [-0.2, 0) is 7.05 Å². The second kappa shape index (κ2) is 14.7. The van der Waals surface area contributed by atoms with Crippen LogP contribution in [0.4, 0.5) is 5.69 Å². The van der Waals surface area contributed by atoms with Crippen molar-refractivity contribution in [3.63, 3.8) is 0 Å². The van der Waals surface area contributed by atoms with Crippen molar-refractivity contribution in [3.8, 4) is 11.5 Å². The Hall–Kier alpha value is -4.87. The largest absolute Gasteiger partial charge is 0.493 e. The molecule has 0 aliphatic carbocycles. The van der Waals surface area contributed by atoms with E-state index in [1.54, 1.807) is 39.5 Å². The Morgan fingerprint density at radius 2 is 1.65 bits per heavy atom. The van der Waals surface area contributed by atoms with Crippen LogP contribution in [0.1, 0.15) is 74.0 Å². The van der Waals surface area contributed by atoms with E-state index in [4.69, 9.17) is 21.1 Å². The molecule has 49 heavy (non-hydrogen) atoms. The Balaban J connectivity index is 1.22. The van der Waals surface area contributed by atoms with Gasteiger partial charge in [-0.25, -0.2) is 0 Å². The Kier molecular flexibility index (Phi) is 10.2. The summed E-state index contributed by atoms with van der Waals surface area (Å²) in [6, 6.07) is 21.1. The van der Waals surface area contributed by atoms with Crippen molar-refractivity contribution < 1.29 is 23.9 Å². The number of fused-ring (bicyclic) bond motifs is 1. The zero-order chi connectivity index (χ0) is 34.7. The van der Waals surface area contributed by atoms with Gasteiger partial charge in [-0.1, -0.05) is 54.1 Å². The SMILES string of the molecule is COc1ccc([C@@H](CCCNC(=O)c2cnn(C)c2Cl)N2C(=O)c3cccc(N4CCN([C@H](C)c5ccccc5)CC4)c3C2=O)cc1OC. The average molecular weight is 685 g/mol. The molecule has 1 N–H and O–H groups in total. The molecule has 0 unspecified atom stereocenters. The number of hydrogen-bond donors (Lipinski definition) is 1. The molecule has 2 atom stereocenters. The zero-order valence-corrected chi connectivity index (χ0v) is 28.9. The normalized spacial score (nSPS) is 16.0. The molecule has 1 aromatic heterocycles. The number of halogens is 1. The molecule has 3 heterocycles. The number of ether oxygens (including phenoxy) is 2. The van der Waals surface area contributed by atoms with E-state index in [-0.39, 0.29) is 34.5 Å². The summed E-state index contributed by atoms with van der Waals surface area (Å²) in [6.07, 6.45) is 2.29. The maximum atomic E-state index is 14.4. The summed E-state index contributed by atoms with van der Waals surface area (Å²) in [5, 5.41) is 7.16. The highest BCUT2D eigenvalue weighted by Crippen LogP contribution is 2.40. The summed E-state index contributed by atoms with van der Waals surface area (Å²) in [4.78, 5) is 47.3. The molecule has 3 aromatic carbocycles. The van der Waals surface area contributed by atoms with Crippen LogP contribution in [0.5, 0.6) is 11.5 Å². The fraction of sp³-hybridized carbons (Fsp3) is 0.351. The number of amides is 3. The standard InChI is InChI=1S/C37H41ClN6O5/c1-24(25-10-6-5-7-11-25)42-18-20-43(21-19-42)30-13-8-12-27-33(30)37(47)44(36(27)46)29(26-15-16-31(48-3)32(22-26)49-4)14-9-17-39-35(45)28-23-40-41(2)34(28)38/h5-8,10-13,15-16,22-24,29H,9,14,17-21H2,1-4H3,(H,39,45)/t24-,29-/m1/s1. The van der Waals surface area contributed by atoms with Crippen LogP contribution in [0.15, 0.2) is 72.9 Å². The van der Waals surface area contributed by atoms with Gasteiger partial charge in [-0.05, 0) is 55.2 Å². The van der Waals surface area contributed by atoms with Gasteiger partial charge in [0.15, 0.2) is 11.5 Å². The molecule has 0 saturated carbocycles. The second-order valence-corrected chi connectivity index (χ2v) is 12.6. The number of piperazine rings is 1. The first-order valence-corrected chi connectivity index (χ1v) is 16.8. The summed E-state index contributed by atoms with van der Waals surface area (Å²) in [5.41, 5.74) is 3.88. The molecule has 2 aliphatic rings. The summed E-state index contributed by atoms with van der Waals surface area (Å²) < 4.78 is 12.4. The molecule has 0 radical (unpaired) electrons. The first kappa shape index (κ1) is 34.0. The number of anilines is 1. The molecule has 11 nitrogen and oxygen atoms in total. The van der Waals surface area contributed by atoms with Gasteiger partial charge in [-0.3, -0.25) is 28.9 Å². The third-order valence-corrected chi connectivity index (χ3v) is 10.0. The van der Waals surface area contributed by atoms with Crippen molar-refractivity contribution in [1.29, 1.82) is 0 Å². The summed E-state index contributed by atoms with van der Waals surface area (Å²) in [6.45, 7) is 5.64. The van der Waals surface area contributed by atoms with Crippen LogP contribution in [-0.4, -0.2) is 84.2 Å². The Bertz CT molecular complexity index is 1840. The highest BCUT2D eigenvalue weighted by atomic mass is 35.5. The molecule has 2 aliphatic heterocycles. The molecule has 1 fully saturated rings. The van der Waals surface area contributed by atoms with E-state index < -0.39 is 6.04 Å². The highest BCUT2D eigenvalue weighted by Gasteiger charge is 2.43. The summed E-state index contributed by atoms with van der Waals surface area (Å²) in [5.74, 6) is 0.00981. The smallest absolute Gasteiger partial charge is 0.264 e. The van der Waals surface area contributed by atoms with Gasteiger partial charge in [0.25, 0.3) is 17.7 Å². The number of nitrogens with zero attached hydrogens (tertiary/aromatic N) is 5. The third-order valence-electron chi connectivity index (χ3n) is 9.56. The number of hydrogen-bond acceptors (Lipinski definition) is 8. The van der Waals surface area contributed by atoms with Crippen LogP contribution in [0, 0.1) is 0 Å². The number of benzene rings is 3. The quantitative estimate of drug-likeness (QED) is 0.154. The number of methoxy groups -OCH3 is 2. The lowest BCUT2D eigenvalue weighted by Crippen LogP contribution is -2.47. The Morgan fingerprint density at radius 1 is 0.918 bits per heavy atom. The molecule has 6 rings (SSSR count). The van der Waals surface area contributed by atoms with E-state index in [0.717, 1.165) is 37.4 Å². The molecular weight excluding hydrogens is 644 g/mol. The van der Waals surface area contributed by atoms with Gasteiger partial charge in [-0.2, -0.15) is 5.10 Å². The van der Waals surface area contributed by atoms with Crippen molar-refractivity contribution in [2.45, 2.75) is 31.8 Å². The maximum absolute atomic E-state index is 14.4. The molecule has 1 saturated heterocycles. The molecule has 256 valence electrons. The van der Waals surface area contributed by atoms with Gasteiger partial charge < -0.3 is 19.7 Å². The lowest BCUT2D eigenvalue weighted by Gasteiger charge is -2.39. The highest BCUT2D eigenvalue weighted by molar-refractivity contribution is 6.32. The first-order valence-electron chi connectivity index (χ1n) is 16.5. The van der Waals surface area contributed by atoms with Crippen molar-refractivity contribution in [2.75, 3.05) is 51.8 Å². The van der Waals surface area contributed by atoms with Crippen molar-refractivity contribution in [2.24, 2.45) is 7.05 Å². The lowest BCUT2D eigenvalue weighted by molar-refractivity contribution is 0.0570. The molecule has 0 spiro atoms. The van der Waals surface area contributed by atoms with Crippen LogP contribution in [0.2, 0.25) is 5.15 Å². The van der Waals surface area contributed by atoms with Crippen LogP contribution in [0.3, 0.4) is 0 Å². The van der Waals surface area contributed by atoms with Gasteiger partial charge in [-0.15, -0.1) is 0 Å². The van der Waals surface area contributed by atoms with E-state index >= 15 is 0 Å². The third kappa shape index (κ3) is 6.73. The van der Waals surface area contributed by atoms with Crippen molar-refractivity contribution >= 4 is 35.0 Å². The minimum Gasteiger partial charge on any atom is -0.493 e. The van der Waals surface area contributed by atoms with Crippen molar-refractivity contribution in [1.82, 2.24) is 24.9 Å². The monoisotopic (exact) mass is 684 g/mol. The summed E-state index contributed by atoms with van der Waals surface area (Å²) >= 11 is 6.21. The van der Waals surface area contributed by atoms with Gasteiger partial charge >= 0.3 is 0 Å². The average Bonchev–Trinajstić information content (AvgIpc) is 3.61. The zero-order valence-electron chi connectivity index (χ0n) is 28.2. The first-order chi connectivity index (χ1) is 23.7. The topological polar surface area (TPSA) is 109 Å². The lowest BCUT2D eigenvalue weighted by atomic mass is 9.99. The van der Waals surface area contributed by atoms with Gasteiger partial charge in [0.2, 0.25) is 0 Å². The number of aromatic nitrogens is 2. The van der Waals surface area contributed by atoms with Crippen molar-refractivity contribution in [3.05, 3.63) is 106 Å². The number of carbonyl (C=O) groups is 3. The Morgan fingerprint density at radius 3 is 2.33 bits per heavy atom. The van der Waals surface area contributed by atoms with E-state index in [0.29, 0.717) is 42.0 Å². The number of nitrogens with one attached hydrogen (secondary N) is 1. The molecule has 12 heteroatoms. The van der Waals surface area contributed by atoms with Gasteiger partial charge in [0.1, 0.15) is 5.15 Å². The van der Waals surface area contributed by atoms with Gasteiger partial charge in [0.05, 0.1) is 48.8 Å². The minimum atomic E-state index is -0.623. The van der Waals surface area contributed by atoms with E-state index in [9.17, 15) is 14.4 Å². The molecule has 4 aromatic rings. The predicted molar refractivity (Wildman–Crippen MR) is 188 cm³/mol. The second-order valence-electron chi connectivity index (χ2n) is 12.3. The Labute approximate surface area is 291 Å². The predicted octanol–water partition coefficient (Wildman–Crippen LogP) is 5.52. The van der Waals surface area contributed by atoms with Gasteiger partial charge in [0, 0.05) is 45.8 Å². The van der Waals surface area contributed by atoms with E-state index in [1.807, 2.05) is 24.3 Å².